The Morgan fingerprint density at radius 1 is 0.733 bits per heavy atom. The number of hydrogen-bond donors (Lipinski definition) is 0. The van der Waals surface area contributed by atoms with Crippen molar-refractivity contribution in [2.24, 2.45) is 0 Å². The number of carbonyl (C=O) groups excluding carboxylic acids is 2. The molecule has 152 valence electrons. The lowest BCUT2D eigenvalue weighted by atomic mass is 9.98. The topological polar surface area (TPSA) is 40.6 Å². The summed E-state index contributed by atoms with van der Waals surface area (Å²) >= 11 is 6.03. The average Bonchev–Trinajstić information content (AvgIpc) is 2.79. The number of piperazine rings is 1. The second kappa shape index (κ2) is 8.67. The molecule has 3 aromatic rings. The van der Waals surface area contributed by atoms with Gasteiger partial charge in [0, 0.05) is 31.7 Å². The summed E-state index contributed by atoms with van der Waals surface area (Å²) in [5, 5.41) is 0.0929. The van der Waals surface area contributed by atoms with E-state index in [9.17, 15) is 14.0 Å². The largest absolute Gasteiger partial charge is 0.335 e. The minimum Gasteiger partial charge on any atom is -0.335 e. The second-order valence-corrected chi connectivity index (χ2v) is 7.53. The fourth-order valence-electron chi connectivity index (χ4n) is 3.66. The van der Waals surface area contributed by atoms with Crippen molar-refractivity contribution in [3.63, 3.8) is 0 Å². The third kappa shape index (κ3) is 4.07. The fourth-order valence-corrected chi connectivity index (χ4v) is 3.90. The van der Waals surface area contributed by atoms with E-state index >= 15 is 0 Å². The number of benzene rings is 3. The Bertz CT molecular complexity index is 1080. The molecule has 0 aliphatic carbocycles. The summed E-state index contributed by atoms with van der Waals surface area (Å²) < 4.78 is 13.3. The number of carbonyl (C=O) groups is 2. The van der Waals surface area contributed by atoms with Crippen LogP contribution >= 0.6 is 11.6 Å². The molecular weight excluding hydrogens is 403 g/mol. The van der Waals surface area contributed by atoms with Crippen molar-refractivity contribution in [2.75, 3.05) is 26.2 Å². The predicted octanol–water partition coefficient (Wildman–Crippen LogP) is 4.74. The summed E-state index contributed by atoms with van der Waals surface area (Å²) in [6.45, 7) is 1.64. The lowest BCUT2D eigenvalue weighted by Gasteiger charge is -2.35. The van der Waals surface area contributed by atoms with Crippen molar-refractivity contribution in [3.8, 4) is 11.1 Å². The molecule has 0 bridgehead atoms. The first-order valence-electron chi connectivity index (χ1n) is 9.72. The van der Waals surface area contributed by atoms with Gasteiger partial charge in [-0.3, -0.25) is 9.59 Å². The molecule has 0 radical (unpaired) electrons. The number of nitrogens with zero attached hydrogens (tertiary/aromatic N) is 2. The molecule has 1 saturated heterocycles. The van der Waals surface area contributed by atoms with E-state index in [1.807, 2.05) is 54.6 Å². The van der Waals surface area contributed by atoms with Crippen molar-refractivity contribution in [1.82, 2.24) is 9.80 Å². The van der Waals surface area contributed by atoms with Crippen LogP contribution in [0.3, 0.4) is 0 Å². The molecule has 1 aliphatic rings. The third-order valence-electron chi connectivity index (χ3n) is 5.26. The highest BCUT2D eigenvalue weighted by atomic mass is 35.5. The molecule has 2 amide bonds. The number of halogens is 2. The quantitative estimate of drug-likeness (QED) is 0.611. The molecule has 1 heterocycles. The van der Waals surface area contributed by atoms with E-state index in [-0.39, 0.29) is 22.4 Å². The van der Waals surface area contributed by atoms with Crippen molar-refractivity contribution < 1.29 is 14.0 Å². The Labute approximate surface area is 179 Å². The molecule has 0 spiro atoms. The van der Waals surface area contributed by atoms with E-state index < -0.39 is 5.82 Å². The van der Waals surface area contributed by atoms with Crippen LogP contribution in [-0.2, 0) is 0 Å². The van der Waals surface area contributed by atoms with E-state index in [1.165, 1.54) is 12.1 Å². The van der Waals surface area contributed by atoms with Crippen molar-refractivity contribution >= 4 is 23.4 Å². The van der Waals surface area contributed by atoms with Crippen molar-refractivity contribution in [1.29, 1.82) is 0 Å². The zero-order valence-corrected chi connectivity index (χ0v) is 17.0. The number of rotatable bonds is 3. The molecule has 0 atom stereocenters. The zero-order chi connectivity index (χ0) is 21.1. The SMILES string of the molecule is O=C(c1ccc(F)cc1Cl)N1CCN(C(=O)c2ccccc2-c2ccccc2)CC1. The molecule has 0 unspecified atom stereocenters. The lowest BCUT2D eigenvalue weighted by molar-refractivity contribution is 0.0536. The van der Waals surface area contributed by atoms with Gasteiger partial charge < -0.3 is 9.80 Å². The fraction of sp³-hybridized carbons (Fsp3) is 0.167. The standard InChI is InChI=1S/C24H20ClFN2O2/c25-22-16-18(26)10-11-21(22)24(30)28-14-12-27(13-15-28)23(29)20-9-5-4-8-19(20)17-6-2-1-3-7-17/h1-11,16H,12-15H2. The Morgan fingerprint density at radius 3 is 1.93 bits per heavy atom. The minimum atomic E-state index is -0.482. The van der Waals surface area contributed by atoms with E-state index in [0.717, 1.165) is 17.2 Å². The molecule has 1 fully saturated rings. The highest BCUT2D eigenvalue weighted by Gasteiger charge is 2.27. The van der Waals surface area contributed by atoms with Gasteiger partial charge >= 0.3 is 0 Å². The summed E-state index contributed by atoms with van der Waals surface area (Å²) in [7, 11) is 0. The van der Waals surface area contributed by atoms with Gasteiger partial charge in [-0.25, -0.2) is 4.39 Å². The Balaban J connectivity index is 1.47. The van der Waals surface area contributed by atoms with Crippen molar-refractivity contribution in [2.45, 2.75) is 0 Å². The van der Waals surface area contributed by atoms with Crippen LogP contribution in [0.4, 0.5) is 4.39 Å². The first-order chi connectivity index (χ1) is 14.5. The van der Waals surface area contributed by atoms with Gasteiger partial charge in [0.15, 0.2) is 0 Å². The first kappa shape index (κ1) is 20.1. The van der Waals surface area contributed by atoms with Crippen LogP contribution in [0.1, 0.15) is 20.7 Å². The first-order valence-corrected chi connectivity index (χ1v) is 10.1. The van der Waals surface area contributed by atoms with Gasteiger partial charge in [0.25, 0.3) is 11.8 Å². The van der Waals surface area contributed by atoms with E-state index in [2.05, 4.69) is 0 Å². The molecule has 1 aliphatic heterocycles. The van der Waals surface area contributed by atoms with Crippen LogP contribution in [0.25, 0.3) is 11.1 Å². The van der Waals surface area contributed by atoms with Crippen LogP contribution in [0, 0.1) is 5.82 Å². The van der Waals surface area contributed by atoms with Crippen LogP contribution in [0.15, 0.2) is 72.8 Å². The maximum Gasteiger partial charge on any atom is 0.255 e. The molecule has 0 aromatic heterocycles. The van der Waals surface area contributed by atoms with E-state index in [0.29, 0.717) is 31.7 Å². The van der Waals surface area contributed by atoms with Gasteiger partial charge in [0.2, 0.25) is 0 Å². The molecule has 30 heavy (non-hydrogen) atoms. The molecule has 0 saturated carbocycles. The van der Waals surface area contributed by atoms with Gasteiger partial charge in [-0.2, -0.15) is 0 Å². The molecule has 6 heteroatoms. The van der Waals surface area contributed by atoms with Crippen molar-refractivity contribution in [3.05, 3.63) is 94.8 Å². The van der Waals surface area contributed by atoms with Crippen LogP contribution in [0.5, 0.6) is 0 Å². The van der Waals surface area contributed by atoms with E-state index in [4.69, 9.17) is 11.6 Å². The Hall–Kier alpha value is -3.18. The second-order valence-electron chi connectivity index (χ2n) is 7.12. The van der Waals surface area contributed by atoms with Gasteiger partial charge in [0.05, 0.1) is 10.6 Å². The van der Waals surface area contributed by atoms with Gasteiger partial charge in [-0.1, -0.05) is 60.1 Å². The molecular formula is C24H20ClFN2O2. The summed E-state index contributed by atoms with van der Waals surface area (Å²) in [5.74, 6) is -0.790. The molecule has 0 N–H and O–H groups in total. The maximum absolute atomic E-state index is 13.3. The summed E-state index contributed by atoms with van der Waals surface area (Å²) in [4.78, 5) is 29.3. The van der Waals surface area contributed by atoms with Gasteiger partial charge in [-0.05, 0) is 35.4 Å². The van der Waals surface area contributed by atoms with Crippen LogP contribution < -0.4 is 0 Å². The number of amides is 2. The highest BCUT2D eigenvalue weighted by Crippen LogP contribution is 2.25. The third-order valence-corrected chi connectivity index (χ3v) is 5.57. The average molecular weight is 423 g/mol. The summed E-state index contributed by atoms with van der Waals surface area (Å²) in [5.41, 5.74) is 2.79. The Kier molecular flexibility index (Phi) is 5.81. The summed E-state index contributed by atoms with van der Waals surface area (Å²) in [6.07, 6.45) is 0. The predicted molar refractivity (Wildman–Crippen MR) is 115 cm³/mol. The number of hydrogen-bond acceptors (Lipinski definition) is 2. The molecule has 4 nitrogen and oxygen atoms in total. The normalized spacial score (nSPS) is 13.9. The maximum atomic E-state index is 13.3. The molecule has 4 rings (SSSR count). The lowest BCUT2D eigenvalue weighted by Crippen LogP contribution is -2.50. The zero-order valence-electron chi connectivity index (χ0n) is 16.2. The van der Waals surface area contributed by atoms with Gasteiger partial charge in [-0.15, -0.1) is 0 Å². The van der Waals surface area contributed by atoms with Crippen LogP contribution in [0.2, 0.25) is 5.02 Å². The molecule has 3 aromatic carbocycles. The monoisotopic (exact) mass is 422 g/mol. The van der Waals surface area contributed by atoms with E-state index in [1.54, 1.807) is 9.80 Å². The van der Waals surface area contributed by atoms with Gasteiger partial charge in [0.1, 0.15) is 5.82 Å². The summed E-state index contributed by atoms with van der Waals surface area (Å²) in [6, 6.07) is 21.1. The Morgan fingerprint density at radius 2 is 1.30 bits per heavy atom. The minimum absolute atomic E-state index is 0.0543. The highest BCUT2D eigenvalue weighted by molar-refractivity contribution is 6.33. The smallest absolute Gasteiger partial charge is 0.255 e. The van der Waals surface area contributed by atoms with Crippen LogP contribution in [-0.4, -0.2) is 47.8 Å².